The van der Waals surface area contributed by atoms with Gasteiger partial charge in [0.25, 0.3) is 0 Å². The van der Waals surface area contributed by atoms with Crippen LogP contribution in [0.3, 0.4) is 0 Å². The Hall–Kier alpha value is -5.05. The third-order valence-electron chi connectivity index (χ3n) is 9.40. The summed E-state index contributed by atoms with van der Waals surface area (Å²) >= 11 is 8.31. The maximum absolute atomic E-state index is 13.8. The second-order valence-corrected chi connectivity index (χ2v) is 14.9. The number of carbonyl (C=O) groups is 7. The van der Waals surface area contributed by atoms with E-state index in [0.717, 1.165) is 0 Å². The van der Waals surface area contributed by atoms with Crippen LogP contribution in [0.25, 0.3) is 0 Å². The van der Waals surface area contributed by atoms with Crippen molar-refractivity contribution >= 4 is 66.6 Å². The Kier molecular flexibility index (Phi) is 20.8. The maximum atomic E-state index is 13.8. The number of nitrogens with one attached hydrogen (secondary N) is 6. The zero-order valence-corrected chi connectivity index (χ0v) is 35.2. The number of primary amides is 1. The molecule has 1 aliphatic rings. The molecule has 0 aliphatic carbocycles. The molecule has 0 spiro atoms. The first-order chi connectivity index (χ1) is 29.4. The van der Waals surface area contributed by atoms with Crippen LogP contribution in [-0.2, 0) is 55.9 Å². The molecule has 11 atom stereocenters. The summed E-state index contributed by atoms with van der Waals surface area (Å²) in [5.74, 6) is -6.60. The number of thiol groups is 2. The van der Waals surface area contributed by atoms with Crippen LogP contribution in [0.4, 0.5) is 0 Å². The fourth-order valence-electron chi connectivity index (χ4n) is 5.92. The highest BCUT2D eigenvalue weighted by Crippen LogP contribution is 2.23. The largest absolute Gasteiger partial charge is 0.508 e. The Morgan fingerprint density at radius 2 is 1.27 bits per heavy atom. The molecule has 15 N–H and O–H groups in total. The van der Waals surface area contributed by atoms with Gasteiger partial charge in [-0.05, 0) is 36.6 Å². The molecule has 342 valence electrons. The van der Waals surface area contributed by atoms with Gasteiger partial charge in [-0.3, -0.25) is 33.6 Å². The summed E-state index contributed by atoms with van der Waals surface area (Å²) < 4.78 is 11.0. The number of aliphatic hydroxyl groups is 4. The molecule has 2 aromatic rings. The van der Waals surface area contributed by atoms with Crippen LogP contribution < -0.4 is 43.4 Å². The second-order valence-electron chi connectivity index (χ2n) is 14.2. The lowest BCUT2D eigenvalue weighted by atomic mass is 9.99. The Morgan fingerprint density at radius 1 is 0.710 bits per heavy atom. The number of hydrogen-bond acceptors (Lipinski definition) is 17. The summed E-state index contributed by atoms with van der Waals surface area (Å²) in [5.41, 5.74) is 12.4. The zero-order chi connectivity index (χ0) is 46.1. The van der Waals surface area contributed by atoms with Crippen LogP contribution in [0.2, 0.25) is 0 Å². The van der Waals surface area contributed by atoms with Crippen LogP contribution in [0.1, 0.15) is 18.1 Å². The summed E-state index contributed by atoms with van der Waals surface area (Å²) in [6.45, 7) is -0.831. The molecule has 7 amide bonds. The van der Waals surface area contributed by atoms with E-state index in [9.17, 15) is 59.1 Å². The highest BCUT2D eigenvalue weighted by molar-refractivity contribution is 7.80. The van der Waals surface area contributed by atoms with E-state index in [2.05, 4.69) is 57.2 Å². The number of aromatic hydroxyl groups is 1. The van der Waals surface area contributed by atoms with Crippen LogP contribution >= 0.6 is 25.3 Å². The van der Waals surface area contributed by atoms with Crippen molar-refractivity contribution in [2.45, 2.75) is 86.8 Å². The van der Waals surface area contributed by atoms with Crippen molar-refractivity contribution in [3.8, 4) is 5.75 Å². The van der Waals surface area contributed by atoms with Gasteiger partial charge in [-0.25, -0.2) is 0 Å². The summed E-state index contributed by atoms with van der Waals surface area (Å²) in [6, 6.07) is 7.74. The number of benzene rings is 2. The predicted molar refractivity (Wildman–Crippen MR) is 225 cm³/mol. The lowest BCUT2D eigenvalue weighted by molar-refractivity contribution is -0.311. The average molecular weight is 911 g/mol. The number of phenolic OH excluding ortho intramolecular Hbond substituents is 1. The standard InChI is InChI=1S/C38H54N8O14S2/c1-18(59-38-32(53)31(52)30(51)26(15-47)60-38)29(37(58)41-13-27(40)49)46-36(57)25(17-62)45-35(56)23(12-19-5-3-2-4-6-19)43-28(50)14-42-34(55)24(16-61)44-33(54)22(39)11-20-7-9-21(48)10-8-20/h2-10,18,22-26,29-32,38,47-48,51-53,61-62H,11-17,39H2,1H3,(H2,40,49)(H,41,58)(H,42,55)(H,43,50)(H,44,54)(H,45,56)(H,46,57)/t18-,22+,23+,24-,25-,26-,29-,30-,31+,32-,38-/m1/s1. The molecule has 0 unspecified atom stereocenters. The van der Waals surface area contributed by atoms with Crippen LogP contribution in [0, 0.1) is 0 Å². The molecular formula is C38H54N8O14S2. The number of carbonyl (C=O) groups excluding carboxylic acids is 7. The molecule has 62 heavy (non-hydrogen) atoms. The number of rotatable bonds is 23. The van der Waals surface area contributed by atoms with Crippen LogP contribution in [0.15, 0.2) is 54.6 Å². The molecule has 0 saturated carbocycles. The summed E-state index contributed by atoms with van der Waals surface area (Å²) in [7, 11) is 0. The molecule has 3 rings (SSSR count). The van der Waals surface area contributed by atoms with E-state index in [1.807, 2.05) is 0 Å². The normalized spacial score (nSPS) is 21.4. The number of phenols is 1. The van der Waals surface area contributed by atoms with Gasteiger partial charge < -0.3 is 78.4 Å². The summed E-state index contributed by atoms with van der Waals surface area (Å²) in [5, 5.41) is 64.2. The van der Waals surface area contributed by atoms with Gasteiger partial charge in [0.1, 0.15) is 54.3 Å². The van der Waals surface area contributed by atoms with Crippen molar-refractivity contribution in [2.75, 3.05) is 31.2 Å². The quantitative estimate of drug-likeness (QED) is 0.0462. The first-order valence-electron chi connectivity index (χ1n) is 19.2. The number of hydrogen-bond donors (Lipinski definition) is 15. The Morgan fingerprint density at radius 3 is 1.87 bits per heavy atom. The van der Waals surface area contributed by atoms with E-state index in [1.54, 1.807) is 42.5 Å². The van der Waals surface area contributed by atoms with Gasteiger partial charge in [-0.2, -0.15) is 25.3 Å². The minimum absolute atomic E-state index is 0.0355. The molecule has 2 aromatic carbocycles. The van der Waals surface area contributed by atoms with Gasteiger partial charge in [0, 0.05) is 17.9 Å². The van der Waals surface area contributed by atoms with Crippen LogP contribution in [-0.4, -0.2) is 165 Å². The predicted octanol–water partition coefficient (Wildman–Crippen LogP) is -5.77. The number of amides is 7. The summed E-state index contributed by atoms with van der Waals surface area (Å²) in [4.78, 5) is 90.9. The first-order valence-corrected chi connectivity index (χ1v) is 20.4. The number of aliphatic hydroxyl groups excluding tert-OH is 4. The third-order valence-corrected chi connectivity index (χ3v) is 10.1. The minimum Gasteiger partial charge on any atom is -0.508 e. The lowest BCUT2D eigenvalue weighted by Crippen LogP contribution is -2.63. The highest BCUT2D eigenvalue weighted by Gasteiger charge is 2.46. The SMILES string of the molecule is C[C@@H](O[C@@H]1O[C@H](CO)[C@@H](O)[C@H](O)[C@H]1O)[C@@H](NC(=O)[C@@H](CS)NC(=O)[C@H](Cc1ccccc1)NC(=O)CNC(=O)[C@@H](CS)NC(=O)[C@@H](N)Cc1ccc(O)cc1)C(=O)NCC(N)=O. The third kappa shape index (κ3) is 15.7. The molecule has 1 aliphatic heterocycles. The second kappa shape index (κ2) is 25.2. The monoisotopic (exact) mass is 910 g/mol. The Balaban J connectivity index is 1.70. The molecule has 22 nitrogen and oxygen atoms in total. The molecule has 0 bridgehead atoms. The fourth-order valence-corrected chi connectivity index (χ4v) is 6.43. The fraction of sp³-hybridized carbons (Fsp3) is 0.500. The van der Waals surface area contributed by atoms with Crippen molar-refractivity contribution in [1.82, 2.24) is 31.9 Å². The Bertz CT molecular complexity index is 1830. The van der Waals surface area contributed by atoms with Crippen LogP contribution in [0.5, 0.6) is 5.75 Å². The summed E-state index contributed by atoms with van der Waals surface area (Å²) in [6.07, 6.45) is -9.91. The smallest absolute Gasteiger partial charge is 0.245 e. The van der Waals surface area contributed by atoms with Gasteiger partial charge in [-0.15, -0.1) is 0 Å². The van der Waals surface area contributed by atoms with Gasteiger partial charge in [0.05, 0.1) is 31.8 Å². The van der Waals surface area contributed by atoms with E-state index in [0.29, 0.717) is 11.1 Å². The van der Waals surface area contributed by atoms with Gasteiger partial charge >= 0.3 is 0 Å². The topological polar surface area (TPSA) is 363 Å². The van der Waals surface area contributed by atoms with Crippen molar-refractivity contribution < 1.29 is 68.6 Å². The first kappa shape index (κ1) is 51.3. The van der Waals surface area contributed by atoms with Gasteiger partial charge in [0.2, 0.25) is 41.4 Å². The highest BCUT2D eigenvalue weighted by atomic mass is 32.1. The van der Waals surface area contributed by atoms with Crippen molar-refractivity contribution in [1.29, 1.82) is 0 Å². The number of ether oxygens (including phenoxy) is 2. The molecule has 24 heteroatoms. The zero-order valence-electron chi connectivity index (χ0n) is 33.5. The van der Waals surface area contributed by atoms with Crippen molar-refractivity contribution in [3.05, 3.63) is 65.7 Å². The van der Waals surface area contributed by atoms with Crippen molar-refractivity contribution in [2.24, 2.45) is 11.5 Å². The molecule has 1 heterocycles. The van der Waals surface area contributed by atoms with E-state index in [1.165, 1.54) is 19.1 Å². The molecule has 1 saturated heterocycles. The van der Waals surface area contributed by atoms with Gasteiger partial charge in [0.15, 0.2) is 6.29 Å². The molecule has 0 aromatic heterocycles. The molecule has 0 radical (unpaired) electrons. The maximum Gasteiger partial charge on any atom is 0.245 e. The molecule has 1 fully saturated rings. The van der Waals surface area contributed by atoms with Gasteiger partial charge in [-0.1, -0.05) is 42.5 Å². The molecular weight excluding hydrogens is 857 g/mol. The van der Waals surface area contributed by atoms with E-state index in [-0.39, 0.29) is 30.1 Å². The lowest BCUT2D eigenvalue weighted by Gasteiger charge is -2.41. The average Bonchev–Trinajstić information content (AvgIpc) is 3.25. The van der Waals surface area contributed by atoms with E-state index in [4.69, 9.17) is 20.9 Å². The minimum atomic E-state index is -1.87. The van der Waals surface area contributed by atoms with Crippen molar-refractivity contribution in [3.63, 3.8) is 0 Å². The Labute approximate surface area is 367 Å². The van der Waals surface area contributed by atoms with E-state index >= 15 is 0 Å². The number of nitrogens with two attached hydrogens (primary N) is 2. The van der Waals surface area contributed by atoms with E-state index < -0.39 is 128 Å².